The monoisotopic (exact) mass is 328 g/mol. The summed E-state index contributed by atoms with van der Waals surface area (Å²) in [6, 6.07) is 0.412. The molecular formula is C13H21BrN4O. The fourth-order valence-corrected chi connectivity index (χ4v) is 2.74. The zero-order chi connectivity index (χ0) is 13.7. The highest BCUT2D eigenvalue weighted by molar-refractivity contribution is 9.10. The Balaban J connectivity index is 2.12. The molecule has 6 heteroatoms. The molecule has 2 heterocycles. The molecule has 0 radical (unpaired) electrons. The van der Waals surface area contributed by atoms with Gasteiger partial charge in [-0.25, -0.2) is 4.68 Å². The number of aryl methyl sites for hydroxylation is 1. The molecular weight excluding hydrogens is 308 g/mol. The van der Waals surface area contributed by atoms with E-state index in [4.69, 9.17) is 0 Å². The van der Waals surface area contributed by atoms with Crippen molar-refractivity contribution in [2.75, 3.05) is 18.4 Å². The highest BCUT2D eigenvalue weighted by Gasteiger charge is 2.15. The van der Waals surface area contributed by atoms with E-state index in [2.05, 4.69) is 31.7 Å². The van der Waals surface area contributed by atoms with E-state index in [9.17, 15) is 4.79 Å². The van der Waals surface area contributed by atoms with Crippen molar-refractivity contribution >= 4 is 21.6 Å². The molecule has 0 aliphatic carbocycles. The Morgan fingerprint density at radius 2 is 2.37 bits per heavy atom. The molecule has 0 aromatic carbocycles. The zero-order valence-electron chi connectivity index (χ0n) is 11.3. The van der Waals surface area contributed by atoms with Crippen molar-refractivity contribution in [2.24, 2.45) is 0 Å². The van der Waals surface area contributed by atoms with Crippen molar-refractivity contribution in [3.8, 4) is 0 Å². The van der Waals surface area contributed by atoms with Gasteiger partial charge in [0.1, 0.15) is 4.47 Å². The molecule has 0 saturated carbocycles. The Bertz CT molecular complexity index is 466. The number of aromatic nitrogens is 2. The molecule has 1 fully saturated rings. The Morgan fingerprint density at radius 3 is 3.16 bits per heavy atom. The Kier molecular flexibility index (Phi) is 5.39. The van der Waals surface area contributed by atoms with Crippen LogP contribution in [0.1, 0.15) is 32.6 Å². The van der Waals surface area contributed by atoms with Gasteiger partial charge in [0.15, 0.2) is 0 Å². The van der Waals surface area contributed by atoms with Crippen molar-refractivity contribution < 1.29 is 0 Å². The third-order valence-corrected chi connectivity index (χ3v) is 4.12. The number of anilines is 1. The molecule has 19 heavy (non-hydrogen) atoms. The van der Waals surface area contributed by atoms with Gasteiger partial charge in [0.05, 0.1) is 11.9 Å². The molecule has 1 atom stereocenters. The molecule has 2 N–H and O–H groups in total. The number of nitrogens with zero attached hydrogens (tertiary/aromatic N) is 2. The maximum atomic E-state index is 12.1. The predicted molar refractivity (Wildman–Crippen MR) is 80.6 cm³/mol. The summed E-state index contributed by atoms with van der Waals surface area (Å²) in [6.45, 7) is 4.79. The quantitative estimate of drug-likeness (QED) is 0.887. The molecule has 5 nitrogen and oxygen atoms in total. The minimum atomic E-state index is -0.0569. The van der Waals surface area contributed by atoms with Gasteiger partial charge in [0.25, 0.3) is 5.56 Å². The van der Waals surface area contributed by atoms with Gasteiger partial charge in [0, 0.05) is 12.6 Å². The SMILES string of the molecule is CCCn1ncc(NC2CCCNCC2)c(Br)c1=O. The van der Waals surface area contributed by atoms with Crippen LogP contribution in [0.5, 0.6) is 0 Å². The summed E-state index contributed by atoms with van der Waals surface area (Å²) in [5.74, 6) is 0. The van der Waals surface area contributed by atoms with E-state index >= 15 is 0 Å². The highest BCUT2D eigenvalue weighted by Crippen LogP contribution is 2.20. The van der Waals surface area contributed by atoms with Crippen LogP contribution in [0.15, 0.2) is 15.5 Å². The van der Waals surface area contributed by atoms with Gasteiger partial charge < -0.3 is 10.6 Å². The van der Waals surface area contributed by atoms with Gasteiger partial charge in [0.2, 0.25) is 0 Å². The molecule has 1 aromatic rings. The largest absolute Gasteiger partial charge is 0.380 e. The van der Waals surface area contributed by atoms with Gasteiger partial charge in [-0.05, 0) is 54.7 Å². The lowest BCUT2D eigenvalue weighted by molar-refractivity contribution is 0.563. The van der Waals surface area contributed by atoms with Crippen LogP contribution in [0.25, 0.3) is 0 Å². The summed E-state index contributed by atoms with van der Waals surface area (Å²) < 4.78 is 2.09. The lowest BCUT2D eigenvalue weighted by atomic mass is 10.1. The minimum absolute atomic E-state index is 0.0569. The number of nitrogens with one attached hydrogen (secondary N) is 2. The van der Waals surface area contributed by atoms with Crippen molar-refractivity contribution in [3.05, 3.63) is 21.0 Å². The smallest absolute Gasteiger partial charge is 0.283 e. The summed E-state index contributed by atoms with van der Waals surface area (Å²) in [4.78, 5) is 12.1. The standard InChI is InChI=1S/C13H21BrN4O/c1-2-8-18-13(19)12(14)11(9-16-18)17-10-4-3-6-15-7-5-10/h9-10,15,17H,2-8H2,1H3. The van der Waals surface area contributed by atoms with Crippen molar-refractivity contribution in [1.29, 1.82) is 0 Å². The third kappa shape index (κ3) is 3.79. The summed E-state index contributed by atoms with van der Waals surface area (Å²) in [5, 5.41) is 11.0. The van der Waals surface area contributed by atoms with Gasteiger partial charge in [-0.15, -0.1) is 0 Å². The van der Waals surface area contributed by atoms with Gasteiger partial charge in [-0.3, -0.25) is 4.79 Å². The van der Waals surface area contributed by atoms with Crippen LogP contribution in [-0.2, 0) is 6.54 Å². The number of hydrogen-bond donors (Lipinski definition) is 2. The fraction of sp³-hybridized carbons (Fsp3) is 0.692. The van der Waals surface area contributed by atoms with Crippen LogP contribution in [-0.4, -0.2) is 28.9 Å². The Morgan fingerprint density at radius 1 is 1.53 bits per heavy atom. The van der Waals surface area contributed by atoms with Gasteiger partial charge in [-0.2, -0.15) is 5.10 Å². The summed E-state index contributed by atoms with van der Waals surface area (Å²) in [5.41, 5.74) is 0.753. The fourth-order valence-electron chi connectivity index (χ4n) is 2.32. The number of hydrogen-bond acceptors (Lipinski definition) is 4. The van der Waals surface area contributed by atoms with Crippen LogP contribution >= 0.6 is 15.9 Å². The van der Waals surface area contributed by atoms with Crippen molar-refractivity contribution in [1.82, 2.24) is 15.1 Å². The van der Waals surface area contributed by atoms with E-state index in [1.165, 1.54) is 4.68 Å². The van der Waals surface area contributed by atoms with Crippen LogP contribution < -0.4 is 16.2 Å². The van der Waals surface area contributed by atoms with Crippen molar-refractivity contribution in [2.45, 2.75) is 45.2 Å². The molecule has 1 unspecified atom stereocenters. The maximum absolute atomic E-state index is 12.1. The van der Waals surface area contributed by atoms with Crippen LogP contribution in [0, 0.1) is 0 Å². The first-order chi connectivity index (χ1) is 9.22. The zero-order valence-corrected chi connectivity index (χ0v) is 12.9. The first-order valence-corrected chi connectivity index (χ1v) is 7.74. The molecule has 0 spiro atoms. The molecule has 0 bridgehead atoms. The normalized spacial score (nSPS) is 20.0. The van der Waals surface area contributed by atoms with Crippen LogP contribution in [0.4, 0.5) is 5.69 Å². The second-order valence-electron chi connectivity index (χ2n) is 4.92. The van der Waals surface area contributed by atoms with Crippen LogP contribution in [0.2, 0.25) is 0 Å². The topological polar surface area (TPSA) is 59.0 Å². The molecule has 1 aliphatic rings. The molecule has 106 valence electrons. The number of rotatable bonds is 4. The average molecular weight is 329 g/mol. The summed E-state index contributed by atoms with van der Waals surface area (Å²) in [7, 11) is 0. The molecule has 1 saturated heterocycles. The Labute approximate surface area is 121 Å². The maximum Gasteiger partial charge on any atom is 0.283 e. The van der Waals surface area contributed by atoms with E-state index in [-0.39, 0.29) is 5.56 Å². The summed E-state index contributed by atoms with van der Waals surface area (Å²) in [6.07, 6.45) is 6.01. The first-order valence-electron chi connectivity index (χ1n) is 6.95. The Hall–Kier alpha value is -0.880. The van der Waals surface area contributed by atoms with E-state index in [0.29, 0.717) is 17.1 Å². The predicted octanol–water partition coefficient (Wildman–Crippen LogP) is 1.97. The molecule has 1 aromatic heterocycles. The lowest BCUT2D eigenvalue weighted by Crippen LogP contribution is -2.27. The summed E-state index contributed by atoms with van der Waals surface area (Å²) >= 11 is 3.40. The minimum Gasteiger partial charge on any atom is -0.380 e. The van der Waals surface area contributed by atoms with E-state index in [0.717, 1.165) is 44.5 Å². The second kappa shape index (κ2) is 7.05. The number of halogens is 1. The second-order valence-corrected chi connectivity index (χ2v) is 5.72. The van der Waals surface area contributed by atoms with Gasteiger partial charge in [-0.1, -0.05) is 6.92 Å². The van der Waals surface area contributed by atoms with E-state index in [1.54, 1.807) is 6.20 Å². The van der Waals surface area contributed by atoms with Crippen molar-refractivity contribution in [3.63, 3.8) is 0 Å². The first kappa shape index (κ1) is 14.5. The third-order valence-electron chi connectivity index (χ3n) is 3.36. The van der Waals surface area contributed by atoms with E-state index < -0.39 is 0 Å². The molecule has 1 aliphatic heterocycles. The highest BCUT2D eigenvalue weighted by atomic mass is 79.9. The lowest BCUT2D eigenvalue weighted by Gasteiger charge is -2.18. The van der Waals surface area contributed by atoms with Crippen LogP contribution in [0.3, 0.4) is 0 Å². The molecule has 0 amide bonds. The van der Waals surface area contributed by atoms with Gasteiger partial charge >= 0.3 is 0 Å². The van der Waals surface area contributed by atoms with E-state index in [1.807, 2.05) is 6.92 Å². The molecule has 2 rings (SSSR count). The average Bonchev–Trinajstić information content (AvgIpc) is 2.67.